The Balaban J connectivity index is 1.37. The number of nitrogens with zero attached hydrogens (tertiary/aromatic N) is 5. The van der Waals surface area contributed by atoms with Crippen molar-refractivity contribution < 1.29 is 4.79 Å². The van der Waals surface area contributed by atoms with Crippen molar-refractivity contribution in [3.63, 3.8) is 0 Å². The average Bonchev–Trinajstić information content (AvgIpc) is 3.36. The Morgan fingerprint density at radius 1 is 1.25 bits per heavy atom. The number of nitrogens with one attached hydrogen (secondary N) is 2. The van der Waals surface area contributed by atoms with E-state index < -0.39 is 0 Å². The van der Waals surface area contributed by atoms with Crippen LogP contribution >= 0.6 is 0 Å². The molecule has 0 radical (unpaired) electrons. The van der Waals surface area contributed by atoms with Gasteiger partial charge in [0.15, 0.2) is 5.82 Å². The van der Waals surface area contributed by atoms with Crippen LogP contribution in [0.25, 0.3) is 5.69 Å². The monoisotopic (exact) mass is 379 g/mol. The molecule has 0 bridgehead atoms. The fourth-order valence-corrected chi connectivity index (χ4v) is 3.55. The maximum absolute atomic E-state index is 12.7. The second-order valence-electron chi connectivity index (χ2n) is 7.08. The molecule has 1 aliphatic heterocycles. The third-order valence-corrected chi connectivity index (χ3v) is 5.28. The van der Waals surface area contributed by atoms with Gasteiger partial charge in [0.1, 0.15) is 5.82 Å². The van der Waals surface area contributed by atoms with Crippen LogP contribution in [-0.2, 0) is 6.42 Å². The second-order valence-corrected chi connectivity index (χ2v) is 7.08. The van der Waals surface area contributed by atoms with Crippen LogP contribution in [-0.4, -0.2) is 49.0 Å². The highest BCUT2D eigenvalue weighted by atomic mass is 16.2. The number of benzene rings is 1. The maximum atomic E-state index is 12.7. The standard InChI is InChI=1S/C20H25N7O/c1-3-18-23-19(25-24-18)15-9-11-26(12-10-15)20(28)22-17-13-21-27(14(17)2)16-7-5-4-6-8-16/h4-8,13,15H,3,9-12H2,1-2H3,(H,22,28)(H,23,24,25). The number of likely N-dealkylation sites (tertiary alicyclic amines) is 1. The number of urea groups is 1. The lowest BCUT2D eigenvalue weighted by atomic mass is 9.96. The number of para-hydroxylation sites is 1. The van der Waals surface area contributed by atoms with Crippen LogP contribution in [0.5, 0.6) is 0 Å². The normalized spacial score (nSPS) is 15.0. The SMILES string of the molecule is CCc1nc(C2CCN(C(=O)Nc3cnn(-c4ccccc4)c3C)CC2)n[nH]1. The van der Waals surface area contributed by atoms with Crippen LogP contribution < -0.4 is 5.32 Å². The van der Waals surface area contributed by atoms with Crippen LogP contribution in [0.15, 0.2) is 36.5 Å². The average molecular weight is 379 g/mol. The summed E-state index contributed by atoms with van der Waals surface area (Å²) in [4.78, 5) is 19.1. The molecule has 0 saturated carbocycles. The van der Waals surface area contributed by atoms with Crippen LogP contribution in [0.2, 0.25) is 0 Å². The van der Waals surface area contributed by atoms with Gasteiger partial charge in [-0.05, 0) is 31.9 Å². The quantitative estimate of drug-likeness (QED) is 0.728. The molecule has 146 valence electrons. The van der Waals surface area contributed by atoms with Gasteiger partial charge in [0.05, 0.1) is 23.3 Å². The summed E-state index contributed by atoms with van der Waals surface area (Å²) in [5.74, 6) is 2.10. The Morgan fingerprint density at radius 3 is 2.68 bits per heavy atom. The minimum atomic E-state index is -0.0848. The van der Waals surface area contributed by atoms with E-state index in [2.05, 4.69) is 32.5 Å². The Morgan fingerprint density at radius 2 is 2.00 bits per heavy atom. The van der Waals surface area contributed by atoms with Crippen molar-refractivity contribution in [1.82, 2.24) is 29.9 Å². The van der Waals surface area contributed by atoms with Gasteiger partial charge in [-0.1, -0.05) is 25.1 Å². The first kappa shape index (κ1) is 18.2. The highest BCUT2D eigenvalue weighted by Crippen LogP contribution is 2.26. The number of hydrogen-bond donors (Lipinski definition) is 2. The number of H-pyrrole nitrogens is 1. The number of aryl methyl sites for hydroxylation is 1. The van der Waals surface area contributed by atoms with Gasteiger partial charge in [0.2, 0.25) is 0 Å². The maximum Gasteiger partial charge on any atom is 0.321 e. The van der Waals surface area contributed by atoms with Crippen molar-refractivity contribution in [2.45, 2.75) is 39.0 Å². The highest BCUT2D eigenvalue weighted by Gasteiger charge is 2.26. The Bertz CT molecular complexity index is 939. The molecule has 4 rings (SSSR count). The molecule has 0 atom stereocenters. The minimum absolute atomic E-state index is 0.0848. The summed E-state index contributed by atoms with van der Waals surface area (Å²) in [6, 6.07) is 9.80. The predicted octanol–water partition coefficient (Wildman–Crippen LogP) is 3.27. The summed E-state index contributed by atoms with van der Waals surface area (Å²) in [5.41, 5.74) is 2.61. The van der Waals surface area contributed by atoms with Gasteiger partial charge in [0, 0.05) is 25.4 Å². The molecule has 2 aromatic heterocycles. The zero-order chi connectivity index (χ0) is 19.5. The fourth-order valence-electron chi connectivity index (χ4n) is 3.55. The van der Waals surface area contributed by atoms with E-state index in [0.29, 0.717) is 19.0 Å². The van der Waals surface area contributed by atoms with Gasteiger partial charge in [-0.3, -0.25) is 5.10 Å². The summed E-state index contributed by atoms with van der Waals surface area (Å²) >= 11 is 0. The molecule has 1 fully saturated rings. The van der Waals surface area contributed by atoms with Crippen molar-refractivity contribution in [3.8, 4) is 5.69 Å². The zero-order valence-corrected chi connectivity index (χ0v) is 16.2. The van der Waals surface area contributed by atoms with Crippen molar-refractivity contribution >= 4 is 11.7 Å². The minimum Gasteiger partial charge on any atom is -0.324 e. The molecule has 8 nitrogen and oxygen atoms in total. The molecular weight excluding hydrogens is 354 g/mol. The molecule has 2 amide bonds. The molecule has 1 aromatic carbocycles. The van der Waals surface area contributed by atoms with Crippen molar-refractivity contribution in [3.05, 3.63) is 53.9 Å². The lowest BCUT2D eigenvalue weighted by molar-refractivity contribution is 0.193. The van der Waals surface area contributed by atoms with E-state index in [1.165, 1.54) is 0 Å². The van der Waals surface area contributed by atoms with Crippen molar-refractivity contribution in [2.75, 3.05) is 18.4 Å². The molecular formula is C20H25N7O. The van der Waals surface area contributed by atoms with Gasteiger partial charge >= 0.3 is 6.03 Å². The number of aromatic nitrogens is 5. The van der Waals surface area contributed by atoms with Gasteiger partial charge in [-0.15, -0.1) is 0 Å². The number of piperidine rings is 1. The lowest BCUT2D eigenvalue weighted by Crippen LogP contribution is -2.40. The van der Waals surface area contributed by atoms with E-state index in [4.69, 9.17) is 0 Å². The van der Waals surface area contributed by atoms with E-state index in [9.17, 15) is 4.79 Å². The number of rotatable bonds is 4. The molecule has 3 heterocycles. The summed E-state index contributed by atoms with van der Waals surface area (Å²) < 4.78 is 1.83. The van der Waals surface area contributed by atoms with Gasteiger partial charge in [-0.25, -0.2) is 14.5 Å². The molecule has 3 aromatic rings. The number of carbonyl (C=O) groups excluding carboxylic acids is 1. The predicted molar refractivity (Wildman–Crippen MR) is 107 cm³/mol. The Labute approximate surface area is 164 Å². The zero-order valence-electron chi connectivity index (χ0n) is 16.2. The highest BCUT2D eigenvalue weighted by molar-refractivity contribution is 5.89. The first-order chi connectivity index (χ1) is 13.7. The Kier molecular flexibility index (Phi) is 5.10. The molecule has 1 saturated heterocycles. The van der Waals surface area contributed by atoms with E-state index in [1.54, 1.807) is 6.20 Å². The van der Waals surface area contributed by atoms with Crippen LogP contribution in [0.3, 0.4) is 0 Å². The number of hydrogen-bond acceptors (Lipinski definition) is 4. The molecule has 8 heteroatoms. The van der Waals surface area contributed by atoms with Gasteiger partial charge in [-0.2, -0.15) is 10.2 Å². The summed E-state index contributed by atoms with van der Waals surface area (Å²) in [6.45, 7) is 5.40. The van der Waals surface area contributed by atoms with Crippen LogP contribution in [0.1, 0.15) is 43.0 Å². The number of anilines is 1. The molecule has 0 spiro atoms. The smallest absolute Gasteiger partial charge is 0.321 e. The largest absolute Gasteiger partial charge is 0.324 e. The first-order valence-electron chi connectivity index (χ1n) is 9.73. The molecule has 28 heavy (non-hydrogen) atoms. The van der Waals surface area contributed by atoms with Crippen LogP contribution in [0.4, 0.5) is 10.5 Å². The summed E-state index contributed by atoms with van der Waals surface area (Å²) in [5, 5.41) is 14.7. The van der Waals surface area contributed by atoms with Crippen LogP contribution in [0, 0.1) is 6.92 Å². The Hall–Kier alpha value is -3.16. The molecule has 0 unspecified atom stereocenters. The first-order valence-corrected chi connectivity index (χ1v) is 9.73. The molecule has 0 aliphatic carbocycles. The second kappa shape index (κ2) is 7.84. The number of aromatic amines is 1. The topological polar surface area (TPSA) is 91.7 Å². The van der Waals surface area contributed by atoms with E-state index in [-0.39, 0.29) is 6.03 Å². The number of carbonyl (C=O) groups is 1. The van der Waals surface area contributed by atoms with E-state index in [0.717, 1.165) is 48.0 Å². The van der Waals surface area contributed by atoms with Gasteiger partial charge < -0.3 is 10.2 Å². The van der Waals surface area contributed by atoms with Gasteiger partial charge in [0.25, 0.3) is 0 Å². The lowest BCUT2D eigenvalue weighted by Gasteiger charge is -2.30. The van der Waals surface area contributed by atoms with E-state index in [1.807, 2.05) is 46.8 Å². The fraction of sp³-hybridized carbons (Fsp3) is 0.400. The van der Waals surface area contributed by atoms with Crippen molar-refractivity contribution in [2.24, 2.45) is 0 Å². The third-order valence-electron chi connectivity index (χ3n) is 5.28. The summed E-state index contributed by atoms with van der Waals surface area (Å²) in [7, 11) is 0. The van der Waals surface area contributed by atoms with Crippen molar-refractivity contribution in [1.29, 1.82) is 0 Å². The molecule has 1 aliphatic rings. The van der Waals surface area contributed by atoms with E-state index >= 15 is 0 Å². The molecule has 2 N–H and O–H groups in total. The third kappa shape index (κ3) is 3.62. The summed E-state index contributed by atoms with van der Waals surface area (Å²) in [6.07, 6.45) is 4.30. The number of amides is 2.